The summed E-state index contributed by atoms with van der Waals surface area (Å²) < 4.78 is 0. The monoisotopic (exact) mass is 319 g/mol. The van der Waals surface area contributed by atoms with Crippen LogP contribution in [0.15, 0.2) is 29.7 Å². The predicted molar refractivity (Wildman–Crippen MR) is 91.8 cm³/mol. The van der Waals surface area contributed by atoms with Crippen LogP contribution in [0.5, 0.6) is 0 Å². The number of aromatic nitrogens is 1. The number of allylic oxidation sites excluding steroid dienone is 3. The van der Waals surface area contributed by atoms with Crippen molar-refractivity contribution in [3.8, 4) is 0 Å². The van der Waals surface area contributed by atoms with Crippen molar-refractivity contribution in [2.75, 3.05) is 19.6 Å². The van der Waals surface area contributed by atoms with Crippen LogP contribution >= 0.6 is 11.3 Å². The maximum atomic E-state index is 11.6. The van der Waals surface area contributed by atoms with Gasteiger partial charge in [-0.3, -0.25) is 9.69 Å². The lowest BCUT2D eigenvalue weighted by Crippen LogP contribution is -2.38. The summed E-state index contributed by atoms with van der Waals surface area (Å²) in [4.78, 5) is 18.6. The van der Waals surface area contributed by atoms with Crippen LogP contribution < -0.4 is 5.32 Å². The van der Waals surface area contributed by atoms with E-state index in [0.29, 0.717) is 5.92 Å². The molecule has 1 amide bonds. The highest BCUT2D eigenvalue weighted by Crippen LogP contribution is 2.19. The van der Waals surface area contributed by atoms with E-state index < -0.39 is 0 Å². The molecular weight excluding hydrogens is 294 g/mol. The minimum atomic E-state index is -0.00141. The molecule has 120 valence electrons. The molecule has 1 saturated heterocycles. The van der Waals surface area contributed by atoms with Gasteiger partial charge in [0.2, 0.25) is 5.91 Å². The highest BCUT2D eigenvalue weighted by Gasteiger charge is 2.20. The van der Waals surface area contributed by atoms with Gasteiger partial charge in [0.15, 0.2) is 0 Å². The maximum absolute atomic E-state index is 11.6. The Labute approximate surface area is 136 Å². The number of likely N-dealkylation sites (tertiary alicyclic amines) is 1. The van der Waals surface area contributed by atoms with Crippen molar-refractivity contribution in [2.24, 2.45) is 5.92 Å². The average molecular weight is 319 g/mol. The molecule has 2 rings (SSSR count). The molecule has 0 atom stereocenters. The Kier molecular flexibility index (Phi) is 6.80. The summed E-state index contributed by atoms with van der Waals surface area (Å²) in [5.41, 5.74) is 1.18. The number of amides is 1. The predicted octanol–water partition coefficient (Wildman–Crippen LogP) is 2.91. The first-order valence-electron chi connectivity index (χ1n) is 7.88. The van der Waals surface area contributed by atoms with E-state index in [4.69, 9.17) is 0 Å². The van der Waals surface area contributed by atoms with Crippen molar-refractivity contribution in [3.05, 3.63) is 40.4 Å². The van der Waals surface area contributed by atoms with Gasteiger partial charge in [-0.25, -0.2) is 4.98 Å². The molecule has 0 aromatic carbocycles. The first-order valence-corrected chi connectivity index (χ1v) is 8.76. The average Bonchev–Trinajstić information content (AvgIpc) is 2.92. The molecule has 1 aromatic heterocycles. The van der Waals surface area contributed by atoms with Crippen LogP contribution in [0.4, 0.5) is 0 Å². The molecule has 1 aliphatic heterocycles. The highest BCUT2D eigenvalue weighted by atomic mass is 32.1. The lowest BCUT2D eigenvalue weighted by Gasteiger charge is -2.31. The largest absolute Gasteiger partial charge is 0.352 e. The van der Waals surface area contributed by atoms with Crippen molar-refractivity contribution >= 4 is 17.2 Å². The number of nitrogens with one attached hydrogen (secondary N) is 1. The summed E-state index contributed by atoms with van der Waals surface area (Å²) in [6, 6.07) is 0. The van der Waals surface area contributed by atoms with Gasteiger partial charge in [-0.05, 0) is 45.7 Å². The quantitative estimate of drug-likeness (QED) is 0.648. The lowest BCUT2D eigenvalue weighted by atomic mass is 9.96. The molecule has 5 heteroatoms. The van der Waals surface area contributed by atoms with E-state index in [2.05, 4.69) is 20.6 Å². The SMILES string of the molecule is C/C=C/C=C\C(=O)NCC1CCN(Cc2csc(C)n2)CC1. The van der Waals surface area contributed by atoms with Gasteiger partial charge in [0.05, 0.1) is 10.7 Å². The second-order valence-corrected chi connectivity index (χ2v) is 6.77. The van der Waals surface area contributed by atoms with E-state index in [9.17, 15) is 4.79 Å². The number of rotatable bonds is 6. The summed E-state index contributed by atoms with van der Waals surface area (Å²) in [6.07, 6.45) is 9.40. The molecule has 2 heterocycles. The maximum Gasteiger partial charge on any atom is 0.243 e. The topological polar surface area (TPSA) is 45.2 Å². The molecule has 1 fully saturated rings. The van der Waals surface area contributed by atoms with Gasteiger partial charge >= 0.3 is 0 Å². The Balaban J connectivity index is 1.65. The molecule has 0 aliphatic carbocycles. The molecule has 0 radical (unpaired) electrons. The van der Waals surface area contributed by atoms with E-state index in [1.54, 1.807) is 23.5 Å². The van der Waals surface area contributed by atoms with Crippen molar-refractivity contribution in [2.45, 2.75) is 33.2 Å². The molecule has 1 aliphatic rings. The Morgan fingerprint density at radius 2 is 2.23 bits per heavy atom. The molecule has 4 nitrogen and oxygen atoms in total. The van der Waals surface area contributed by atoms with Crippen LogP contribution in [0.3, 0.4) is 0 Å². The molecule has 1 N–H and O–H groups in total. The van der Waals surface area contributed by atoms with Crippen molar-refractivity contribution in [1.82, 2.24) is 15.2 Å². The van der Waals surface area contributed by atoms with E-state index in [1.165, 1.54) is 5.69 Å². The van der Waals surface area contributed by atoms with Crippen molar-refractivity contribution < 1.29 is 4.79 Å². The fourth-order valence-corrected chi connectivity index (χ4v) is 3.22. The normalized spacial score (nSPS) is 17.5. The van der Waals surface area contributed by atoms with Crippen molar-refractivity contribution in [1.29, 1.82) is 0 Å². The molecule has 1 aromatic rings. The van der Waals surface area contributed by atoms with Crippen LogP contribution in [-0.2, 0) is 11.3 Å². The number of aryl methyl sites for hydroxylation is 1. The minimum Gasteiger partial charge on any atom is -0.352 e. The molecule has 0 bridgehead atoms. The van der Waals surface area contributed by atoms with Crippen LogP contribution in [0.2, 0.25) is 0 Å². The number of thiazole rings is 1. The molecule has 0 saturated carbocycles. The van der Waals surface area contributed by atoms with Gasteiger partial charge < -0.3 is 5.32 Å². The van der Waals surface area contributed by atoms with E-state index in [1.807, 2.05) is 26.0 Å². The van der Waals surface area contributed by atoms with Gasteiger partial charge in [-0.2, -0.15) is 0 Å². The van der Waals surface area contributed by atoms with E-state index >= 15 is 0 Å². The van der Waals surface area contributed by atoms with Crippen LogP contribution in [0.25, 0.3) is 0 Å². The number of hydrogen-bond donors (Lipinski definition) is 1. The van der Waals surface area contributed by atoms with Gasteiger partial charge in [0.1, 0.15) is 0 Å². The number of carbonyl (C=O) groups excluding carboxylic acids is 1. The number of hydrogen-bond acceptors (Lipinski definition) is 4. The lowest BCUT2D eigenvalue weighted by molar-refractivity contribution is -0.116. The Bertz CT molecular complexity index is 528. The third-order valence-corrected chi connectivity index (χ3v) is 4.70. The van der Waals surface area contributed by atoms with Gasteiger partial charge in [0, 0.05) is 24.5 Å². The second kappa shape index (κ2) is 8.86. The standard InChI is InChI=1S/C17H25N3OS/c1-3-4-5-6-17(21)18-11-15-7-9-20(10-8-15)12-16-13-22-14(2)19-16/h3-6,13,15H,7-12H2,1-2H3,(H,18,21)/b4-3+,6-5-. The molecular formula is C17H25N3OS. The van der Waals surface area contributed by atoms with Crippen LogP contribution in [-0.4, -0.2) is 35.4 Å². The van der Waals surface area contributed by atoms with Gasteiger partial charge in [0.25, 0.3) is 0 Å². The van der Waals surface area contributed by atoms with Crippen LogP contribution in [0, 0.1) is 12.8 Å². The smallest absolute Gasteiger partial charge is 0.243 e. The third kappa shape index (κ3) is 5.73. The number of carbonyl (C=O) groups is 1. The zero-order chi connectivity index (χ0) is 15.8. The van der Waals surface area contributed by atoms with Crippen LogP contribution in [0.1, 0.15) is 30.5 Å². The highest BCUT2D eigenvalue weighted by molar-refractivity contribution is 7.09. The minimum absolute atomic E-state index is 0.00141. The van der Waals surface area contributed by atoms with E-state index in [-0.39, 0.29) is 5.91 Å². The molecule has 22 heavy (non-hydrogen) atoms. The number of piperidine rings is 1. The summed E-state index contributed by atoms with van der Waals surface area (Å²) in [5.74, 6) is 0.589. The Morgan fingerprint density at radius 3 is 2.86 bits per heavy atom. The third-order valence-electron chi connectivity index (χ3n) is 3.88. The first kappa shape index (κ1) is 16.9. The molecule has 0 spiro atoms. The summed E-state index contributed by atoms with van der Waals surface area (Å²) >= 11 is 1.72. The summed E-state index contributed by atoms with van der Waals surface area (Å²) in [6.45, 7) is 7.89. The van der Waals surface area contributed by atoms with Crippen molar-refractivity contribution in [3.63, 3.8) is 0 Å². The fraction of sp³-hybridized carbons (Fsp3) is 0.529. The van der Waals surface area contributed by atoms with E-state index in [0.717, 1.165) is 44.0 Å². The zero-order valence-electron chi connectivity index (χ0n) is 13.4. The second-order valence-electron chi connectivity index (χ2n) is 5.71. The van der Waals surface area contributed by atoms with Gasteiger partial charge in [-0.1, -0.05) is 18.2 Å². The summed E-state index contributed by atoms with van der Waals surface area (Å²) in [7, 11) is 0. The fourth-order valence-electron chi connectivity index (χ4n) is 2.62. The number of nitrogens with zero attached hydrogens (tertiary/aromatic N) is 2. The Morgan fingerprint density at radius 1 is 1.45 bits per heavy atom. The summed E-state index contributed by atoms with van der Waals surface area (Å²) in [5, 5.41) is 6.28. The molecule has 0 unspecified atom stereocenters. The Hall–Kier alpha value is -1.46. The zero-order valence-corrected chi connectivity index (χ0v) is 14.2. The first-order chi connectivity index (χ1) is 10.7. The van der Waals surface area contributed by atoms with Gasteiger partial charge in [-0.15, -0.1) is 11.3 Å².